The smallest absolute Gasteiger partial charge is 0.335 e. The number of hydrogen-bond donors (Lipinski definition) is 1. The maximum absolute atomic E-state index is 12.3. The molecule has 0 aliphatic carbocycles. The monoisotopic (exact) mass is 309 g/mol. The number of aryl methyl sites for hydroxylation is 2. The lowest BCUT2D eigenvalue weighted by atomic mass is 10.1. The van der Waals surface area contributed by atoms with E-state index in [0.717, 1.165) is 0 Å². The molecule has 1 aromatic heterocycles. The van der Waals surface area contributed by atoms with Crippen LogP contribution >= 0.6 is 0 Å². The van der Waals surface area contributed by atoms with E-state index in [9.17, 15) is 13.2 Å². The van der Waals surface area contributed by atoms with E-state index in [4.69, 9.17) is 9.63 Å². The normalized spacial score (nSPS) is 11.5. The maximum atomic E-state index is 12.3. The number of nitrogens with zero attached hydrogens (tertiary/aromatic N) is 1. The molecule has 0 fully saturated rings. The van der Waals surface area contributed by atoms with Crippen LogP contribution in [-0.2, 0) is 21.3 Å². The van der Waals surface area contributed by atoms with E-state index >= 15 is 0 Å². The van der Waals surface area contributed by atoms with Crippen LogP contribution in [0.15, 0.2) is 28.8 Å². The lowest BCUT2D eigenvalue weighted by molar-refractivity contribution is 0.0696. The number of carbonyl (C=O) groups is 1. The summed E-state index contributed by atoms with van der Waals surface area (Å²) < 4.78 is 29.5. The topological polar surface area (TPSA) is 97.5 Å². The summed E-state index contributed by atoms with van der Waals surface area (Å²) in [6, 6.07) is 6.08. The number of hydrogen-bond acceptors (Lipinski definition) is 5. The molecular weight excluding hydrogens is 294 g/mol. The Morgan fingerprint density at radius 2 is 1.90 bits per heavy atom. The van der Waals surface area contributed by atoms with Gasteiger partial charge in [-0.05, 0) is 25.5 Å². The van der Waals surface area contributed by atoms with Crippen molar-refractivity contribution < 1.29 is 22.8 Å². The molecule has 0 atom stereocenters. The highest BCUT2D eigenvalue weighted by Gasteiger charge is 2.21. The van der Waals surface area contributed by atoms with Crippen molar-refractivity contribution in [3.8, 4) is 0 Å². The molecule has 112 valence electrons. The third-order valence-electron chi connectivity index (χ3n) is 3.17. The highest BCUT2D eigenvalue weighted by atomic mass is 32.2. The summed E-state index contributed by atoms with van der Waals surface area (Å²) in [5.41, 5.74) is 1.34. The highest BCUT2D eigenvalue weighted by molar-refractivity contribution is 7.89. The molecule has 0 radical (unpaired) electrons. The molecule has 2 rings (SSSR count). The highest BCUT2D eigenvalue weighted by Crippen LogP contribution is 2.20. The Morgan fingerprint density at radius 1 is 1.24 bits per heavy atom. The number of sulfone groups is 1. The minimum Gasteiger partial charge on any atom is -0.478 e. The average Bonchev–Trinajstić information content (AvgIpc) is 2.70. The Kier molecular flexibility index (Phi) is 4.13. The first kappa shape index (κ1) is 15.2. The zero-order valence-corrected chi connectivity index (χ0v) is 12.5. The second-order valence-electron chi connectivity index (χ2n) is 4.80. The second-order valence-corrected chi connectivity index (χ2v) is 6.86. The van der Waals surface area contributed by atoms with Gasteiger partial charge in [0.25, 0.3) is 0 Å². The van der Waals surface area contributed by atoms with Crippen molar-refractivity contribution in [2.75, 3.05) is 0 Å². The number of rotatable bonds is 5. The molecule has 0 aliphatic rings. The molecular formula is C14H15NO5S. The third kappa shape index (κ3) is 3.49. The van der Waals surface area contributed by atoms with Crippen LogP contribution in [0.4, 0.5) is 0 Å². The quantitative estimate of drug-likeness (QED) is 0.908. The van der Waals surface area contributed by atoms with Crippen molar-refractivity contribution in [2.24, 2.45) is 0 Å². The van der Waals surface area contributed by atoms with Gasteiger partial charge in [0.2, 0.25) is 0 Å². The van der Waals surface area contributed by atoms with E-state index in [2.05, 4.69) is 5.16 Å². The fraction of sp³-hybridized carbons (Fsp3) is 0.286. The molecule has 0 spiro atoms. The van der Waals surface area contributed by atoms with Crippen LogP contribution < -0.4 is 0 Å². The fourth-order valence-electron chi connectivity index (χ4n) is 2.07. The minimum absolute atomic E-state index is 0.000150. The lowest BCUT2D eigenvalue weighted by Crippen LogP contribution is -2.12. The van der Waals surface area contributed by atoms with Crippen molar-refractivity contribution in [2.45, 2.75) is 25.4 Å². The standard InChI is InChI=1S/C14H15NO5S/c1-9-13(10(2)20-15-9)8-21(18,19)7-11-5-3-4-6-12(11)14(16)17/h3-6H,7-8H2,1-2H3,(H,16,17). The van der Waals surface area contributed by atoms with Gasteiger partial charge in [-0.25, -0.2) is 13.2 Å². The summed E-state index contributed by atoms with van der Waals surface area (Å²) in [6.45, 7) is 3.32. The number of carboxylic acid groups (broad SMARTS) is 1. The van der Waals surface area contributed by atoms with E-state index in [0.29, 0.717) is 17.0 Å². The van der Waals surface area contributed by atoms with Crippen molar-refractivity contribution in [1.29, 1.82) is 0 Å². The van der Waals surface area contributed by atoms with Crippen LogP contribution in [0.1, 0.15) is 32.9 Å². The predicted octanol–water partition coefficient (Wildman–Crippen LogP) is 2.10. The minimum atomic E-state index is -3.52. The Balaban J connectivity index is 2.29. The van der Waals surface area contributed by atoms with Gasteiger partial charge in [-0.15, -0.1) is 0 Å². The number of carboxylic acids is 1. The fourth-order valence-corrected chi connectivity index (χ4v) is 3.75. The van der Waals surface area contributed by atoms with Crippen LogP contribution in [0.2, 0.25) is 0 Å². The Morgan fingerprint density at radius 3 is 2.48 bits per heavy atom. The van der Waals surface area contributed by atoms with E-state index in [1.54, 1.807) is 26.0 Å². The first-order valence-electron chi connectivity index (χ1n) is 6.23. The van der Waals surface area contributed by atoms with E-state index in [1.165, 1.54) is 12.1 Å². The van der Waals surface area contributed by atoms with Crippen molar-refractivity contribution in [3.05, 3.63) is 52.4 Å². The van der Waals surface area contributed by atoms with E-state index in [1.807, 2.05) is 0 Å². The summed E-state index contributed by atoms with van der Waals surface area (Å²) in [4.78, 5) is 11.1. The lowest BCUT2D eigenvalue weighted by Gasteiger charge is -2.07. The maximum Gasteiger partial charge on any atom is 0.335 e. The third-order valence-corrected chi connectivity index (χ3v) is 4.65. The van der Waals surface area contributed by atoms with Gasteiger partial charge >= 0.3 is 5.97 Å². The van der Waals surface area contributed by atoms with Gasteiger partial charge in [0, 0.05) is 5.56 Å². The van der Waals surface area contributed by atoms with Gasteiger partial charge in [0.15, 0.2) is 9.84 Å². The van der Waals surface area contributed by atoms with Crippen LogP contribution in [0.5, 0.6) is 0 Å². The van der Waals surface area contributed by atoms with Crippen LogP contribution in [-0.4, -0.2) is 24.7 Å². The van der Waals surface area contributed by atoms with Gasteiger partial charge in [-0.2, -0.15) is 0 Å². The molecule has 2 aromatic rings. The van der Waals surface area contributed by atoms with Crippen molar-refractivity contribution in [1.82, 2.24) is 5.16 Å². The molecule has 21 heavy (non-hydrogen) atoms. The zero-order valence-electron chi connectivity index (χ0n) is 11.7. The number of aromatic carboxylic acids is 1. The Bertz CT molecular complexity index is 757. The SMILES string of the molecule is Cc1noc(C)c1CS(=O)(=O)Cc1ccccc1C(=O)O. The molecule has 7 heteroatoms. The summed E-state index contributed by atoms with van der Waals surface area (Å²) in [5, 5.41) is 12.8. The zero-order chi connectivity index (χ0) is 15.6. The van der Waals surface area contributed by atoms with Gasteiger partial charge in [0.05, 0.1) is 22.8 Å². The predicted molar refractivity (Wildman–Crippen MR) is 75.7 cm³/mol. The largest absolute Gasteiger partial charge is 0.478 e. The van der Waals surface area contributed by atoms with Gasteiger partial charge in [-0.1, -0.05) is 23.4 Å². The molecule has 0 bridgehead atoms. The first-order valence-corrected chi connectivity index (χ1v) is 8.05. The molecule has 1 heterocycles. The number of benzene rings is 1. The summed E-state index contributed by atoms with van der Waals surface area (Å²) in [7, 11) is -3.52. The van der Waals surface area contributed by atoms with Crippen LogP contribution in [0.25, 0.3) is 0 Å². The first-order chi connectivity index (χ1) is 9.80. The Hall–Kier alpha value is -2.15. The number of aromatic nitrogens is 1. The molecule has 1 aromatic carbocycles. The molecule has 0 saturated carbocycles. The summed E-state index contributed by atoms with van der Waals surface area (Å²) in [5.74, 6) is -1.23. The van der Waals surface area contributed by atoms with Crippen molar-refractivity contribution in [3.63, 3.8) is 0 Å². The summed E-state index contributed by atoms with van der Waals surface area (Å²) >= 11 is 0. The average molecular weight is 309 g/mol. The van der Waals surface area contributed by atoms with Gasteiger partial charge < -0.3 is 9.63 Å². The van der Waals surface area contributed by atoms with Crippen LogP contribution in [0.3, 0.4) is 0 Å². The summed E-state index contributed by atoms with van der Waals surface area (Å²) in [6.07, 6.45) is 0. The van der Waals surface area contributed by atoms with Crippen molar-refractivity contribution >= 4 is 15.8 Å². The molecule has 1 N–H and O–H groups in total. The van der Waals surface area contributed by atoms with E-state index in [-0.39, 0.29) is 22.6 Å². The molecule has 0 aliphatic heterocycles. The van der Waals surface area contributed by atoms with E-state index < -0.39 is 15.8 Å². The Labute approximate surface area is 122 Å². The molecule has 0 unspecified atom stereocenters. The van der Waals surface area contributed by atoms with Crippen LogP contribution in [0, 0.1) is 13.8 Å². The second kappa shape index (κ2) is 5.69. The molecule has 0 saturated heterocycles. The van der Waals surface area contributed by atoms with Gasteiger partial charge in [0.1, 0.15) is 5.76 Å². The van der Waals surface area contributed by atoms with Gasteiger partial charge in [-0.3, -0.25) is 0 Å². The molecule has 0 amide bonds. The molecule has 6 nitrogen and oxygen atoms in total.